The molecule has 1 amide bonds. The molecule has 2 saturated heterocycles. The Hall–Kier alpha value is -2.12. The Morgan fingerprint density at radius 3 is 2.35 bits per heavy atom. The number of hydrogen-bond acceptors (Lipinski definition) is 6. The number of carbonyl (C=O) groups excluding carboxylic acids is 1. The van der Waals surface area contributed by atoms with Crippen LogP contribution in [0.4, 0.5) is 5.69 Å². The number of aryl methyl sites for hydroxylation is 1. The minimum atomic E-state index is 0. The summed E-state index contributed by atoms with van der Waals surface area (Å²) in [6.45, 7) is 12.0. The number of nitrogens with zero attached hydrogens (tertiary/aromatic N) is 5. The van der Waals surface area contributed by atoms with Gasteiger partial charge in [-0.05, 0) is 64.3 Å². The van der Waals surface area contributed by atoms with Gasteiger partial charge in [-0.25, -0.2) is 0 Å². The highest BCUT2D eigenvalue weighted by Gasteiger charge is 2.30. The molecule has 8 heteroatoms. The minimum Gasteiger partial charge on any atom is -0.371 e. The van der Waals surface area contributed by atoms with E-state index in [1.807, 2.05) is 19.1 Å². The van der Waals surface area contributed by atoms with Crippen LogP contribution in [0, 0.1) is 12.8 Å². The molecule has 2 aromatic rings. The van der Waals surface area contributed by atoms with Gasteiger partial charge in [0.15, 0.2) is 5.82 Å². The Morgan fingerprint density at radius 1 is 1.03 bits per heavy atom. The average molecular weight is 448 g/mol. The van der Waals surface area contributed by atoms with E-state index < -0.39 is 0 Å². The summed E-state index contributed by atoms with van der Waals surface area (Å²) in [5, 5.41) is 3.85. The number of hydrogen-bond donors (Lipinski definition) is 0. The summed E-state index contributed by atoms with van der Waals surface area (Å²) in [6.07, 6.45) is 2.93. The molecule has 0 spiro atoms. The largest absolute Gasteiger partial charge is 0.371 e. The van der Waals surface area contributed by atoms with Gasteiger partial charge in [-0.15, -0.1) is 12.4 Å². The van der Waals surface area contributed by atoms with Gasteiger partial charge in [-0.1, -0.05) is 5.16 Å². The molecular formula is C23H34ClN5O2. The summed E-state index contributed by atoms with van der Waals surface area (Å²) in [5.41, 5.74) is 2.12. The van der Waals surface area contributed by atoms with Gasteiger partial charge < -0.3 is 14.3 Å². The van der Waals surface area contributed by atoms with Gasteiger partial charge in [-0.3, -0.25) is 9.69 Å². The third-order valence-corrected chi connectivity index (χ3v) is 6.42. The van der Waals surface area contributed by atoms with Crippen molar-refractivity contribution in [2.24, 2.45) is 5.92 Å². The number of carbonyl (C=O) groups is 1. The molecule has 170 valence electrons. The highest BCUT2D eigenvalue weighted by atomic mass is 35.5. The van der Waals surface area contributed by atoms with Crippen LogP contribution in [0.25, 0.3) is 11.5 Å². The topological polar surface area (TPSA) is 65.7 Å². The summed E-state index contributed by atoms with van der Waals surface area (Å²) in [6, 6.07) is 8.81. The zero-order valence-corrected chi connectivity index (χ0v) is 19.6. The van der Waals surface area contributed by atoms with Crippen LogP contribution in [0.15, 0.2) is 28.8 Å². The summed E-state index contributed by atoms with van der Waals surface area (Å²) >= 11 is 0. The molecule has 0 N–H and O–H groups in total. The molecule has 0 unspecified atom stereocenters. The first-order valence-corrected chi connectivity index (χ1v) is 11.2. The van der Waals surface area contributed by atoms with Gasteiger partial charge >= 0.3 is 0 Å². The lowest BCUT2D eigenvalue weighted by Gasteiger charge is -2.35. The Balaban J connectivity index is 0.00000272. The van der Waals surface area contributed by atoms with Crippen molar-refractivity contribution in [1.29, 1.82) is 0 Å². The number of halogens is 1. The van der Waals surface area contributed by atoms with Crippen LogP contribution in [-0.2, 0) is 4.79 Å². The fourth-order valence-electron chi connectivity index (χ4n) is 4.55. The van der Waals surface area contributed by atoms with Gasteiger partial charge in [0.05, 0.1) is 0 Å². The van der Waals surface area contributed by atoms with Crippen molar-refractivity contribution in [2.75, 3.05) is 44.2 Å². The van der Waals surface area contributed by atoms with Crippen molar-refractivity contribution in [3.05, 3.63) is 30.1 Å². The van der Waals surface area contributed by atoms with E-state index in [0.717, 1.165) is 64.1 Å². The van der Waals surface area contributed by atoms with Crippen molar-refractivity contribution in [1.82, 2.24) is 19.9 Å². The standard InChI is InChI=1S/C23H33N5O2.ClH/c1-17(2)26-11-4-12-28(16-15-26)23(29)20-9-13-27(14-10-20)21-7-5-19(6-8-21)22-24-18(3)25-30-22;/h5-8,17,20H,4,9-16H2,1-3H3;1H. The smallest absolute Gasteiger partial charge is 0.257 e. The highest BCUT2D eigenvalue weighted by molar-refractivity contribution is 5.85. The average Bonchev–Trinajstić information content (AvgIpc) is 3.05. The van der Waals surface area contributed by atoms with Crippen LogP contribution in [0.3, 0.4) is 0 Å². The van der Waals surface area contributed by atoms with Gasteiger partial charge in [-0.2, -0.15) is 4.98 Å². The molecule has 1 aromatic heterocycles. The van der Waals surface area contributed by atoms with Crippen molar-refractivity contribution < 1.29 is 9.32 Å². The maximum atomic E-state index is 13.1. The molecule has 0 bridgehead atoms. The van der Waals surface area contributed by atoms with Crippen molar-refractivity contribution in [2.45, 2.75) is 46.1 Å². The van der Waals surface area contributed by atoms with Gasteiger partial charge in [0.1, 0.15) is 0 Å². The van der Waals surface area contributed by atoms with Crippen molar-refractivity contribution in [3.8, 4) is 11.5 Å². The van der Waals surface area contributed by atoms with E-state index >= 15 is 0 Å². The normalized spacial score (nSPS) is 18.7. The predicted octanol–water partition coefficient (Wildman–Crippen LogP) is 3.63. The SMILES string of the molecule is Cc1noc(-c2ccc(N3CCC(C(=O)N4CCCN(C(C)C)CC4)CC3)cc2)n1.Cl. The van der Waals surface area contributed by atoms with E-state index in [1.165, 1.54) is 5.69 Å². The van der Waals surface area contributed by atoms with Gasteiger partial charge in [0.25, 0.3) is 5.89 Å². The van der Waals surface area contributed by atoms with Crippen LogP contribution in [0.5, 0.6) is 0 Å². The lowest BCUT2D eigenvalue weighted by molar-refractivity contribution is -0.136. The molecule has 0 radical (unpaired) electrons. The summed E-state index contributed by atoms with van der Waals surface area (Å²) < 4.78 is 5.24. The fraction of sp³-hybridized carbons (Fsp3) is 0.609. The van der Waals surface area contributed by atoms with E-state index in [9.17, 15) is 4.79 Å². The molecular weight excluding hydrogens is 414 g/mol. The second-order valence-corrected chi connectivity index (χ2v) is 8.76. The second-order valence-electron chi connectivity index (χ2n) is 8.76. The van der Waals surface area contributed by atoms with Gasteiger partial charge in [0.2, 0.25) is 5.91 Å². The number of benzene rings is 1. The molecule has 1 aromatic carbocycles. The maximum absolute atomic E-state index is 13.1. The lowest BCUT2D eigenvalue weighted by atomic mass is 9.94. The summed E-state index contributed by atoms with van der Waals surface area (Å²) in [4.78, 5) is 24.3. The molecule has 2 aliphatic heterocycles. The molecule has 2 aliphatic rings. The zero-order valence-electron chi connectivity index (χ0n) is 18.8. The van der Waals surface area contributed by atoms with E-state index in [4.69, 9.17) is 4.52 Å². The quantitative estimate of drug-likeness (QED) is 0.713. The summed E-state index contributed by atoms with van der Waals surface area (Å²) in [5.74, 6) is 1.72. The lowest BCUT2D eigenvalue weighted by Crippen LogP contribution is -2.44. The predicted molar refractivity (Wildman–Crippen MR) is 125 cm³/mol. The maximum Gasteiger partial charge on any atom is 0.257 e. The Morgan fingerprint density at radius 2 is 1.74 bits per heavy atom. The Labute approximate surface area is 191 Å². The first kappa shape index (κ1) is 23.5. The van der Waals surface area contributed by atoms with Crippen LogP contribution in [0.1, 0.15) is 38.9 Å². The van der Waals surface area contributed by atoms with E-state index in [0.29, 0.717) is 23.7 Å². The highest BCUT2D eigenvalue weighted by Crippen LogP contribution is 2.27. The molecule has 7 nitrogen and oxygen atoms in total. The van der Waals surface area contributed by atoms with Crippen LogP contribution < -0.4 is 4.90 Å². The minimum absolute atomic E-state index is 0. The van der Waals surface area contributed by atoms with Crippen LogP contribution in [-0.4, -0.2) is 71.2 Å². The van der Waals surface area contributed by atoms with E-state index in [2.05, 4.69) is 50.8 Å². The second kappa shape index (κ2) is 10.5. The molecule has 4 rings (SSSR count). The van der Waals surface area contributed by atoms with Gasteiger partial charge in [0, 0.05) is 62.5 Å². The Kier molecular flexibility index (Phi) is 7.94. The van der Waals surface area contributed by atoms with E-state index in [1.54, 1.807) is 0 Å². The molecule has 0 atom stereocenters. The van der Waals surface area contributed by atoms with Crippen molar-refractivity contribution in [3.63, 3.8) is 0 Å². The number of piperidine rings is 1. The molecule has 3 heterocycles. The molecule has 31 heavy (non-hydrogen) atoms. The first-order chi connectivity index (χ1) is 14.5. The molecule has 0 aliphatic carbocycles. The number of anilines is 1. The summed E-state index contributed by atoms with van der Waals surface area (Å²) in [7, 11) is 0. The first-order valence-electron chi connectivity index (χ1n) is 11.2. The zero-order chi connectivity index (χ0) is 21.1. The fourth-order valence-corrected chi connectivity index (χ4v) is 4.55. The molecule has 0 saturated carbocycles. The van der Waals surface area contributed by atoms with Crippen molar-refractivity contribution >= 4 is 24.0 Å². The number of rotatable bonds is 4. The third-order valence-electron chi connectivity index (χ3n) is 6.42. The monoisotopic (exact) mass is 447 g/mol. The number of amides is 1. The Bertz CT molecular complexity index is 846. The molecule has 2 fully saturated rings. The van der Waals surface area contributed by atoms with Crippen LogP contribution in [0.2, 0.25) is 0 Å². The number of aromatic nitrogens is 2. The van der Waals surface area contributed by atoms with E-state index in [-0.39, 0.29) is 18.3 Å². The third kappa shape index (κ3) is 5.57. The van der Waals surface area contributed by atoms with Crippen LogP contribution >= 0.6 is 12.4 Å².